The molecule has 1 rings (SSSR count). The van der Waals surface area contributed by atoms with Gasteiger partial charge in [-0.1, -0.05) is 20.3 Å². The van der Waals surface area contributed by atoms with Crippen molar-refractivity contribution in [3.8, 4) is 0 Å². The Hall–Kier alpha value is -0.570. The quantitative estimate of drug-likeness (QED) is 0.818. The second kappa shape index (κ2) is 5.38. The van der Waals surface area contributed by atoms with Crippen LogP contribution in [-0.2, 0) is 4.79 Å². The summed E-state index contributed by atoms with van der Waals surface area (Å²) >= 11 is 0. The topological polar surface area (TPSA) is 32.3 Å². The Morgan fingerprint density at radius 1 is 1.35 bits per heavy atom. The summed E-state index contributed by atoms with van der Waals surface area (Å²) in [6.45, 7) is 10.7. The van der Waals surface area contributed by atoms with E-state index >= 15 is 0 Å². The van der Waals surface area contributed by atoms with Gasteiger partial charge in [-0.15, -0.1) is 0 Å². The van der Waals surface area contributed by atoms with Gasteiger partial charge in [0.05, 0.1) is 6.04 Å². The van der Waals surface area contributed by atoms with E-state index in [0.717, 1.165) is 0 Å². The molecule has 1 saturated carbocycles. The molecule has 0 unspecified atom stereocenters. The molecular formula is C14H28N2O. The van der Waals surface area contributed by atoms with Gasteiger partial charge in [0.1, 0.15) is 0 Å². The van der Waals surface area contributed by atoms with Gasteiger partial charge < -0.3 is 10.2 Å². The fraction of sp³-hybridized carbons (Fsp3) is 0.929. The predicted molar refractivity (Wildman–Crippen MR) is 71.9 cm³/mol. The van der Waals surface area contributed by atoms with E-state index in [4.69, 9.17) is 0 Å². The minimum Gasteiger partial charge on any atom is -0.342 e. The zero-order valence-corrected chi connectivity index (χ0v) is 12.2. The standard InChI is InChI=1S/C14H28N2O/c1-10(2)16(6)13(17)11(3)15-12-8-7-9-14(12,4)5/h10-12,15H,7-9H2,1-6H3/t11-,12+/m0/s1. The Bertz CT molecular complexity index is 273. The van der Waals surface area contributed by atoms with Crippen molar-refractivity contribution in [2.45, 2.75) is 72.0 Å². The van der Waals surface area contributed by atoms with E-state index in [-0.39, 0.29) is 18.0 Å². The molecule has 0 aromatic rings. The summed E-state index contributed by atoms with van der Waals surface area (Å²) in [5.41, 5.74) is 0.324. The number of rotatable bonds is 4. The molecule has 0 aromatic heterocycles. The molecule has 100 valence electrons. The monoisotopic (exact) mass is 240 g/mol. The summed E-state index contributed by atoms with van der Waals surface area (Å²) < 4.78 is 0. The number of hydrogen-bond acceptors (Lipinski definition) is 2. The number of likely N-dealkylation sites (N-methyl/N-ethyl adjacent to an activating group) is 1. The first-order chi connectivity index (χ1) is 7.75. The van der Waals surface area contributed by atoms with Gasteiger partial charge in [0.2, 0.25) is 5.91 Å². The van der Waals surface area contributed by atoms with Crippen molar-refractivity contribution < 1.29 is 4.79 Å². The van der Waals surface area contributed by atoms with Crippen molar-refractivity contribution >= 4 is 5.91 Å². The van der Waals surface area contributed by atoms with E-state index < -0.39 is 0 Å². The SMILES string of the molecule is CC(C)N(C)C(=O)[C@H](C)N[C@@H]1CCCC1(C)C. The van der Waals surface area contributed by atoms with Gasteiger partial charge in [-0.2, -0.15) is 0 Å². The maximum atomic E-state index is 12.1. The van der Waals surface area contributed by atoms with Crippen LogP contribution < -0.4 is 5.32 Å². The molecule has 1 fully saturated rings. The molecule has 17 heavy (non-hydrogen) atoms. The molecule has 2 atom stereocenters. The lowest BCUT2D eigenvalue weighted by atomic mass is 9.87. The van der Waals surface area contributed by atoms with Crippen LogP contribution in [0, 0.1) is 5.41 Å². The number of hydrogen-bond donors (Lipinski definition) is 1. The van der Waals surface area contributed by atoms with Crippen LogP contribution in [-0.4, -0.2) is 36.0 Å². The van der Waals surface area contributed by atoms with Gasteiger partial charge in [0.15, 0.2) is 0 Å². The predicted octanol–water partition coefficient (Wildman–Crippen LogP) is 2.41. The van der Waals surface area contributed by atoms with Crippen molar-refractivity contribution in [1.29, 1.82) is 0 Å². The molecule has 0 bridgehead atoms. The third-order valence-corrected chi connectivity index (χ3v) is 4.20. The second-order valence-corrected chi connectivity index (χ2v) is 6.36. The van der Waals surface area contributed by atoms with Crippen LogP contribution in [0.2, 0.25) is 0 Å². The van der Waals surface area contributed by atoms with Crippen LogP contribution in [0.3, 0.4) is 0 Å². The van der Waals surface area contributed by atoms with Crippen LogP contribution >= 0.6 is 0 Å². The number of nitrogens with zero attached hydrogens (tertiary/aromatic N) is 1. The molecule has 3 heteroatoms. The zero-order chi connectivity index (χ0) is 13.2. The lowest BCUT2D eigenvalue weighted by Crippen LogP contribution is -2.51. The number of amides is 1. The van der Waals surface area contributed by atoms with Gasteiger partial charge in [-0.3, -0.25) is 4.79 Å². The average molecular weight is 240 g/mol. The molecule has 1 N–H and O–H groups in total. The maximum absolute atomic E-state index is 12.1. The Balaban J connectivity index is 2.54. The average Bonchev–Trinajstić information content (AvgIpc) is 2.56. The van der Waals surface area contributed by atoms with Crippen molar-refractivity contribution in [3.05, 3.63) is 0 Å². The zero-order valence-electron chi connectivity index (χ0n) is 12.2. The normalized spacial score (nSPS) is 25.0. The van der Waals surface area contributed by atoms with Crippen LogP contribution in [0.4, 0.5) is 0 Å². The van der Waals surface area contributed by atoms with Gasteiger partial charge in [0, 0.05) is 19.1 Å². The van der Waals surface area contributed by atoms with E-state index in [9.17, 15) is 4.79 Å². The lowest BCUT2D eigenvalue weighted by Gasteiger charge is -2.32. The first-order valence-corrected chi connectivity index (χ1v) is 6.78. The first-order valence-electron chi connectivity index (χ1n) is 6.78. The Morgan fingerprint density at radius 3 is 2.35 bits per heavy atom. The van der Waals surface area contributed by atoms with Crippen LogP contribution in [0.25, 0.3) is 0 Å². The number of nitrogens with one attached hydrogen (secondary N) is 1. The van der Waals surface area contributed by atoms with Gasteiger partial charge in [-0.05, 0) is 39.0 Å². The molecule has 1 amide bonds. The second-order valence-electron chi connectivity index (χ2n) is 6.36. The van der Waals surface area contributed by atoms with E-state index in [2.05, 4.69) is 19.2 Å². The maximum Gasteiger partial charge on any atom is 0.239 e. The fourth-order valence-corrected chi connectivity index (χ4v) is 2.57. The molecule has 0 aliphatic heterocycles. The molecule has 1 aliphatic rings. The molecule has 0 saturated heterocycles. The highest BCUT2D eigenvalue weighted by Gasteiger charge is 2.36. The van der Waals surface area contributed by atoms with E-state index in [0.29, 0.717) is 11.5 Å². The smallest absolute Gasteiger partial charge is 0.239 e. The molecule has 0 aromatic carbocycles. The van der Waals surface area contributed by atoms with E-state index in [1.54, 1.807) is 0 Å². The van der Waals surface area contributed by atoms with Crippen molar-refractivity contribution in [2.24, 2.45) is 5.41 Å². The summed E-state index contributed by atoms with van der Waals surface area (Å²) in [5.74, 6) is 0.197. The fourth-order valence-electron chi connectivity index (χ4n) is 2.57. The van der Waals surface area contributed by atoms with Crippen LogP contribution in [0.1, 0.15) is 53.9 Å². The summed E-state index contributed by atoms with van der Waals surface area (Å²) in [6.07, 6.45) is 3.72. The summed E-state index contributed by atoms with van der Waals surface area (Å²) in [5, 5.41) is 3.51. The summed E-state index contributed by atoms with van der Waals surface area (Å²) in [6, 6.07) is 0.662. The van der Waals surface area contributed by atoms with E-state index in [1.165, 1.54) is 19.3 Å². The van der Waals surface area contributed by atoms with Gasteiger partial charge in [-0.25, -0.2) is 0 Å². The van der Waals surface area contributed by atoms with Crippen molar-refractivity contribution in [3.63, 3.8) is 0 Å². The Labute approximate surface area is 106 Å². The van der Waals surface area contributed by atoms with Gasteiger partial charge in [0.25, 0.3) is 0 Å². The molecule has 0 radical (unpaired) electrons. The lowest BCUT2D eigenvalue weighted by molar-refractivity contribution is -0.133. The Morgan fingerprint density at radius 2 is 1.94 bits per heavy atom. The highest BCUT2D eigenvalue weighted by molar-refractivity contribution is 5.81. The highest BCUT2D eigenvalue weighted by atomic mass is 16.2. The van der Waals surface area contributed by atoms with Crippen LogP contribution in [0.15, 0.2) is 0 Å². The van der Waals surface area contributed by atoms with Crippen molar-refractivity contribution in [2.75, 3.05) is 7.05 Å². The molecule has 0 heterocycles. The van der Waals surface area contributed by atoms with E-state index in [1.807, 2.05) is 32.7 Å². The highest BCUT2D eigenvalue weighted by Crippen LogP contribution is 2.37. The number of carbonyl (C=O) groups is 1. The van der Waals surface area contributed by atoms with Crippen molar-refractivity contribution in [1.82, 2.24) is 10.2 Å². The Kier molecular flexibility index (Phi) is 4.59. The minimum atomic E-state index is -0.0789. The third kappa shape index (κ3) is 3.44. The molecule has 0 spiro atoms. The molecule has 1 aliphatic carbocycles. The molecular weight excluding hydrogens is 212 g/mol. The van der Waals surface area contributed by atoms with Gasteiger partial charge >= 0.3 is 0 Å². The molecule has 3 nitrogen and oxygen atoms in total. The largest absolute Gasteiger partial charge is 0.342 e. The first kappa shape index (κ1) is 14.5. The van der Waals surface area contributed by atoms with Crippen LogP contribution in [0.5, 0.6) is 0 Å². The summed E-state index contributed by atoms with van der Waals surface area (Å²) in [4.78, 5) is 14.0. The minimum absolute atomic E-state index is 0.0789. The number of carbonyl (C=O) groups excluding carboxylic acids is 1. The summed E-state index contributed by atoms with van der Waals surface area (Å²) in [7, 11) is 1.88. The third-order valence-electron chi connectivity index (χ3n) is 4.20.